The number of nitrogens with one attached hydrogen (secondary N) is 2. The van der Waals surface area contributed by atoms with Crippen LogP contribution in [-0.2, 0) is 9.53 Å². The van der Waals surface area contributed by atoms with Gasteiger partial charge in [-0.25, -0.2) is 10.2 Å². The minimum Gasteiger partial charge on any atom is -0.444 e. The van der Waals surface area contributed by atoms with Crippen LogP contribution in [0.5, 0.6) is 0 Å². The van der Waals surface area contributed by atoms with Crippen LogP contribution >= 0.6 is 0 Å². The number of benzene rings is 1. The summed E-state index contributed by atoms with van der Waals surface area (Å²) >= 11 is 0. The zero-order valence-electron chi connectivity index (χ0n) is 14.1. The topological polar surface area (TPSA) is 143 Å². The van der Waals surface area contributed by atoms with Gasteiger partial charge >= 0.3 is 6.09 Å². The van der Waals surface area contributed by atoms with Gasteiger partial charge in [-0.1, -0.05) is 0 Å². The molecule has 25 heavy (non-hydrogen) atoms. The molecule has 0 saturated carbocycles. The standard InChI is InChI=1S/C15H20N4O6/c1-15(2,3)25-14(22)17-12(9-20)13(21)18-16-8-10-4-6-11(7-5-10)19(23)24/h4-8,12,20H,9H2,1-3H3,(H,17,22)(H,18,21)/b16-8+/t12-/m0/s1. The second-order valence-electron chi connectivity index (χ2n) is 5.96. The molecule has 0 fully saturated rings. The number of ether oxygens (including phenoxy) is 1. The van der Waals surface area contributed by atoms with E-state index in [-0.39, 0.29) is 5.69 Å². The summed E-state index contributed by atoms with van der Waals surface area (Å²) in [4.78, 5) is 33.5. The molecule has 0 saturated heterocycles. The molecule has 10 nitrogen and oxygen atoms in total. The molecular weight excluding hydrogens is 332 g/mol. The highest BCUT2D eigenvalue weighted by Crippen LogP contribution is 2.10. The summed E-state index contributed by atoms with van der Waals surface area (Å²) < 4.78 is 4.99. The molecule has 2 amide bonds. The van der Waals surface area contributed by atoms with E-state index in [1.54, 1.807) is 20.8 Å². The summed E-state index contributed by atoms with van der Waals surface area (Å²) in [5.74, 6) is -0.744. The Labute approximate surface area is 144 Å². The maximum atomic E-state index is 11.9. The first-order valence-electron chi connectivity index (χ1n) is 7.30. The molecule has 0 aliphatic carbocycles. The van der Waals surface area contributed by atoms with Crippen LogP contribution < -0.4 is 10.7 Å². The van der Waals surface area contributed by atoms with E-state index >= 15 is 0 Å². The third-order valence-electron chi connectivity index (χ3n) is 2.68. The van der Waals surface area contributed by atoms with E-state index in [4.69, 9.17) is 4.74 Å². The number of aliphatic hydroxyl groups is 1. The third-order valence-corrected chi connectivity index (χ3v) is 2.68. The van der Waals surface area contributed by atoms with E-state index < -0.39 is 35.2 Å². The molecular formula is C15H20N4O6. The van der Waals surface area contributed by atoms with Crippen molar-refractivity contribution in [2.24, 2.45) is 5.10 Å². The fraction of sp³-hybridized carbons (Fsp3) is 0.400. The SMILES string of the molecule is CC(C)(C)OC(=O)N[C@@H](CO)C(=O)N/N=C/c1ccc([N+](=O)[O-])cc1. The molecule has 0 unspecified atom stereocenters. The van der Waals surface area contributed by atoms with Crippen molar-refractivity contribution >= 4 is 23.9 Å². The lowest BCUT2D eigenvalue weighted by molar-refractivity contribution is -0.384. The van der Waals surface area contributed by atoms with Crippen molar-refractivity contribution in [1.29, 1.82) is 0 Å². The first kappa shape index (κ1) is 20.0. The zero-order valence-corrected chi connectivity index (χ0v) is 14.1. The number of nitro benzene ring substituents is 1. The minimum atomic E-state index is -1.23. The monoisotopic (exact) mass is 352 g/mol. The Morgan fingerprint density at radius 1 is 1.36 bits per heavy atom. The minimum absolute atomic E-state index is 0.0666. The van der Waals surface area contributed by atoms with Gasteiger partial charge in [-0.3, -0.25) is 14.9 Å². The summed E-state index contributed by atoms with van der Waals surface area (Å²) in [6, 6.07) is 4.27. The molecule has 10 heteroatoms. The van der Waals surface area contributed by atoms with Crippen LogP contribution in [-0.4, -0.2) is 46.5 Å². The Morgan fingerprint density at radius 3 is 2.44 bits per heavy atom. The van der Waals surface area contributed by atoms with Crippen molar-refractivity contribution in [3.8, 4) is 0 Å². The lowest BCUT2D eigenvalue weighted by Gasteiger charge is -2.21. The van der Waals surface area contributed by atoms with Crippen LogP contribution in [0.25, 0.3) is 0 Å². The van der Waals surface area contributed by atoms with E-state index in [0.29, 0.717) is 5.56 Å². The number of carbonyl (C=O) groups excluding carboxylic acids is 2. The maximum absolute atomic E-state index is 11.9. The average Bonchev–Trinajstić information content (AvgIpc) is 2.51. The number of hydrogen-bond donors (Lipinski definition) is 3. The fourth-order valence-corrected chi connectivity index (χ4v) is 1.57. The highest BCUT2D eigenvalue weighted by molar-refractivity contribution is 5.87. The summed E-state index contributed by atoms with van der Waals surface area (Å²) in [5, 5.41) is 25.6. The summed E-state index contributed by atoms with van der Waals surface area (Å²) in [6.07, 6.45) is 0.421. The van der Waals surface area contributed by atoms with Gasteiger partial charge < -0.3 is 15.2 Å². The maximum Gasteiger partial charge on any atom is 0.408 e. The molecule has 1 aromatic carbocycles. The van der Waals surface area contributed by atoms with Gasteiger partial charge in [0.15, 0.2) is 0 Å². The van der Waals surface area contributed by atoms with Crippen molar-refractivity contribution in [3.63, 3.8) is 0 Å². The van der Waals surface area contributed by atoms with Crippen LogP contribution in [0.3, 0.4) is 0 Å². The molecule has 0 radical (unpaired) electrons. The number of alkyl carbamates (subject to hydrolysis) is 1. The predicted molar refractivity (Wildman–Crippen MR) is 89.1 cm³/mol. The molecule has 3 N–H and O–H groups in total. The van der Waals surface area contributed by atoms with Gasteiger partial charge in [-0.15, -0.1) is 0 Å². The Bertz CT molecular complexity index is 651. The van der Waals surface area contributed by atoms with E-state index in [1.807, 2.05) is 0 Å². The number of rotatable bonds is 6. The van der Waals surface area contributed by atoms with Gasteiger partial charge in [0.25, 0.3) is 11.6 Å². The van der Waals surface area contributed by atoms with Crippen molar-refractivity contribution < 1.29 is 24.4 Å². The third kappa shape index (κ3) is 7.40. The number of carbonyl (C=O) groups is 2. The highest BCUT2D eigenvalue weighted by Gasteiger charge is 2.23. The summed E-state index contributed by atoms with van der Waals surface area (Å²) in [5.41, 5.74) is 1.87. The Balaban J connectivity index is 2.57. The Morgan fingerprint density at radius 2 is 1.96 bits per heavy atom. The van der Waals surface area contributed by atoms with Crippen LogP contribution in [0.4, 0.5) is 10.5 Å². The van der Waals surface area contributed by atoms with Crippen molar-refractivity contribution in [3.05, 3.63) is 39.9 Å². The second-order valence-corrected chi connectivity index (χ2v) is 5.96. The van der Waals surface area contributed by atoms with Crippen LogP contribution in [0.1, 0.15) is 26.3 Å². The Hall–Kier alpha value is -3.01. The predicted octanol–water partition coefficient (Wildman–Crippen LogP) is 0.931. The number of non-ortho nitro benzene ring substituents is 1. The van der Waals surface area contributed by atoms with E-state index in [0.717, 1.165) is 0 Å². The number of amides is 2. The number of nitrogens with zero attached hydrogens (tertiary/aromatic N) is 2. The number of hydrazone groups is 1. The van der Waals surface area contributed by atoms with Gasteiger partial charge in [0.2, 0.25) is 0 Å². The van der Waals surface area contributed by atoms with Gasteiger partial charge in [0, 0.05) is 12.1 Å². The van der Waals surface area contributed by atoms with Crippen LogP contribution in [0.2, 0.25) is 0 Å². The quantitative estimate of drug-likeness (QED) is 0.395. The lowest BCUT2D eigenvalue weighted by Crippen LogP contribution is -2.49. The van der Waals surface area contributed by atoms with E-state index in [1.165, 1.54) is 30.5 Å². The normalized spacial score (nSPS) is 12.5. The fourth-order valence-electron chi connectivity index (χ4n) is 1.57. The van der Waals surface area contributed by atoms with Crippen molar-refractivity contribution in [2.45, 2.75) is 32.4 Å². The molecule has 1 aromatic rings. The largest absolute Gasteiger partial charge is 0.444 e. The van der Waals surface area contributed by atoms with Crippen molar-refractivity contribution in [2.75, 3.05) is 6.61 Å². The Kier molecular flexibility index (Phi) is 7.00. The van der Waals surface area contributed by atoms with Gasteiger partial charge in [-0.2, -0.15) is 5.10 Å². The molecule has 0 spiro atoms. The smallest absolute Gasteiger partial charge is 0.408 e. The molecule has 136 valence electrons. The number of nitro groups is 1. The van der Waals surface area contributed by atoms with Gasteiger partial charge in [0.05, 0.1) is 17.7 Å². The van der Waals surface area contributed by atoms with Gasteiger partial charge in [-0.05, 0) is 38.5 Å². The molecule has 0 heterocycles. The molecule has 0 bridgehead atoms. The molecule has 1 atom stereocenters. The molecule has 0 aromatic heterocycles. The van der Waals surface area contributed by atoms with Crippen LogP contribution in [0.15, 0.2) is 29.4 Å². The average molecular weight is 352 g/mol. The first-order valence-corrected chi connectivity index (χ1v) is 7.30. The van der Waals surface area contributed by atoms with Crippen molar-refractivity contribution in [1.82, 2.24) is 10.7 Å². The zero-order chi connectivity index (χ0) is 19.0. The lowest BCUT2D eigenvalue weighted by atomic mass is 10.2. The number of hydrogen-bond acceptors (Lipinski definition) is 7. The number of aliphatic hydroxyl groups excluding tert-OH is 1. The summed E-state index contributed by atoms with van der Waals surface area (Å²) in [7, 11) is 0. The van der Waals surface area contributed by atoms with E-state index in [9.17, 15) is 24.8 Å². The molecule has 1 rings (SSSR count). The van der Waals surface area contributed by atoms with Crippen LogP contribution in [0, 0.1) is 10.1 Å². The molecule has 0 aliphatic rings. The van der Waals surface area contributed by atoms with E-state index in [2.05, 4.69) is 15.8 Å². The highest BCUT2D eigenvalue weighted by atomic mass is 16.6. The summed E-state index contributed by atoms with van der Waals surface area (Å²) in [6.45, 7) is 4.34. The molecule has 0 aliphatic heterocycles. The first-order chi connectivity index (χ1) is 11.6. The second kappa shape index (κ2) is 8.73. The van der Waals surface area contributed by atoms with Gasteiger partial charge in [0.1, 0.15) is 11.6 Å².